The van der Waals surface area contributed by atoms with E-state index in [1.165, 1.54) is 17.2 Å². The van der Waals surface area contributed by atoms with Crippen LogP contribution >= 0.6 is 0 Å². The van der Waals surface area contributed by atoms with Gasteiger partial charge in [-0.05, 0) is 89.1 Å². The molecule has 0 bridgehead atoms. The first-order chi connectivity index (χ1) is 45.7. The molecule has 2 aromatic carbocycles. The third kappa shape index (κ3) is 26.2. The van der Waals surface area contributed by atoms with Crippen LogP contribution in [0.1, 0.15) is 86.7 Å². The molecule has 3 fully saturated rings. The van der Waals surface area contributed by atoms with Crippen molar-refractivity contribution in [1.29, 1.82) is 0 Å². The number of fused-ring (bicyclic) bond motifs is 1. The van der Waals surface area contributed by atoms with Gasteiger partial charge in [-0.2, -0.15) is 0 Å². The van der Waals surface area contributed by atoms with Gasteiger partial charge in [-0.3, -0.25) is 82.4 Å². The third-order valence-corrected chi connectivity index (χ3v) is 16.9. The Morgan fingerprint density at radius 2 is 1.31 bits per heavy atom. The molecule has 7 N–H and O–H groups in total. The number of carbonyl (C=O) groups excluding carboxylic acids is 7. The molecule has 0 radical (unpaired) electrons. The molecule has 0 saturated carbocycles. The molecule has 30 heteroatoms. The maximum absolute atomic E-state index is 14.5. The molecule has 0 spiro atoms. The van der Waals surface area contributed by atoms with E-state index in [1.807, 2.05) is 31.2 Å². The lowest BCUT2D eigenvalue weighted by molar-refractivity contribution is -0.147. The number of carboxylic acids is 3. The number of piperazine rings is 1. The van der Waals surface area contributed by atoms with Crippen LogP contribution < -0.4 is 26.0 Å². The third-order valence-electron chi connectivity index (χ3n) is 16.9. The highest BCUT2D eigenvalue weighted by Gasteiger charge is 2.47. The molecule has 3 aromatic rings. The quantitative estimate of drug-likeness (QED) is 0.0154. The topological polar surface area (TPSA) is 346 Å². The fourth-order valence-electron chi connectivity index (χ4n) is 11.6. The lowest BCUT2D eigenvalue weighted by atomic mass is 10.1. The van der Waals surface area contributed by atoms with Crippen molar-refractivity contribution in [2.75, 3.05) is 145 Å². The summed E-state index contributed by atoms with van der Waals surface area (Å²) in [5.74, 6) is -9.71. The summed E-state index contributed by atoms with van der Waals surface area (Å²) >= 11 is 0. The Kier molecular flexibility index (Phi) is 30.4. The number of amidine groups is 1. The Labute approximate surface area is 557 Å². The second kappa shape index (κ2) is 38.2. The first kappa shape index (κ1) is 76.4. The SMILES string of the molecule is C=C(C)[C@H]1CC(F)(F)CN1C(=O)CNC(=O)c1ccnc2ccc(OCCCN3CCN(C(=O)[C@H](CC(=O)OC)NC(=O)[C@H](CCCCN=C(C)NC(=O)CCCc4ccc(C)cc4)NC(=O)CN4CCN(CC(=O)O)CCN(CC(=O)O)CCN(CC(=O)O)CC4)CC3)cc12. The molecule has 3 aliphatic heterocycles. The zero-order valence-electron chi connectivity index (χ0n) is 55.4. The molecule has 3 aliphatic rings. The number of carboxylic acid groups (broad SMARTS) is 3. The Bertz CT molecular complexity index is 3190. The number of alkyl halides is 2. The van der Waals surface area contributed by atoms with E-state index in [0.717, 1.165) is 29.6 Å². The molecule has 3 saturated heterocycles. The van der Waals surface area contributed by atoms with Gasteiger partial charge in [0.25, 0.3) is 11.8 Å². The number of benzene rings is 2. The van der Waals surface area contributed by atoms with Crippen molar-refractivity contribution in [1.82, 2.24) is 60.6 Å². The summed E-state index contributed by atoms with van der Waals surface area (Å²) in [6, 6.07) is 11.2. The molecule has 0 aliphatic carbocycles. The average Bonchev–Trinajstić information content (AvgIpc) is 1.24. The zero-order chi connectivity index (χ0) is 69.9. The van der Waals surface area contributed by atoms with Gasteiger partial charge in [-0.1, -0.05) is 42.0 Å². The minimum Gasteiger partial charge on any atom is -0.494 e. The summed E-state index contributed by atoms with van der Waals surface area (Å²) in [6.07, 6.45) is 3.41. The average molecular weight is 1350 g/mol. The summed E-state index contributed by atoms with van der Waals surface area (Å²) in [5, 5.41) is 40.4. The van der Waals surface area contributed by atoms with Crippen LogP contribution in [0.2, 0.25) is 0 Å². The van der Waals surface area contributed by atoms with E-state index in [-0.39, 0.29) is 123 Å². The van der Waals surface area contributed by atoms with E-state index in [0.29, 0.717) is 79.8 Å². The van der Waals surface area contributed by atoms with Gasteiger partial charge in [0.15, 0.2) is 0 Å². The Morgan fingerprint density at radius 3 is 1.90 bits per heavy atom. The Hall–Kier alpha value is -8.58. The van der Waals surface area contributed by atoms with Crippen molar-refractivity contribution in [3.05, 3.63) is 83.6 Å². The fraction of sp³-hybridized carbons (Fsp3) is 0.576. The van der Waals surface area contributed by atoms with E-state index in [2.05, 4.69) is 42.7 Å². The number of hydrogen-bond donors (Lipinski definition) is 7. The highest BCUT2D eigenvalue weighted by atomic mass is 19.3. The summed E-state index contributed by atoms with van der Waals surface area (Å²) in [4.78, 5) is 151. The predicted octanol–water partition coefficient (Wildman–Crippen LogP) is 1.73. The molecule has 3 atom stereocenters. The summed E-state index contributed by atoms with van der Waals surface area (Å²) in [7, 11) is 1.15. The number of methoxy groups -OCH3 is 1. The van der Waals surface area contributed by atoms with Gasteiger partial charge < -0.3 is 55.9 Å². The van der Waals surface area contributed by atoms with Crippen LogP contribution in [0.25, 0.3) is 10.9 Å². The number of hydrogen-bond acceptors (Lipinski definition) is 19. The fourth-order valence-corrected chi connectivity index (χ4v) is 11.6. The van der Waals surface area contributed by atoms with Crippen molar-refractivity contribution in [2.24, 2.45) is 4.99 Å². The summed E-state index contributed by atoms with van der Waals surface area (Å²) in [5.41, 5.74) is 3.39. The molecule has 4 heterocycles. The lowest BCUT2D eigenvalue weighted by Crippen LogP contribution is -2.58. The second-order valence-electron chi connectivity index (χ2n) is 24.6. The summed E-state index contributed by atoms with van der Waals surface area (Å²) < 4.78 is 39.6. The minimum absolute atomic E-state index is 0.0508. The van der Waals surface area contributed by atoms with Crippen LogP contribution in [0.3, 0.4) is 0 Å². The minimum atomic E-state index is -3.07. The number of nitrogens with zero attached hydrogens (tertiary/aromatic N) is 9. The van der Waals surface area contributed by atoms with Gasteiger partial charge in [0.1, 0.15) is 17.8 Å². The number of aryl methyl sites for hydroxylation is 2. The smallest absolute Gasteiger partial charge is 0.317 e. The number of rotatable bonds is 32. The zero-order valence-corrected chi connectivity index (χ0v) is 55.4. The molecule has 28 nitrogen and oxygen atoms in total. The van der Waals surface area contributed by atoms with Crippen molar-refractivity contribution in [3.63, 3.8) is 0 Å². The van der Waals surface area contributed by atoms with Crippen LogP contribution in [0.4, 0.5) is 8.78 Å². The van der Waals surface area contributed by atoms with E-state index >= 15 is 0 Å². The maximum Gasteiger partial charge on any atom is 0.317 e. The van der Waals surface area contributed by atoms with Crippen molar-refractivity contribution < 1.29 is 81.5 Å². The number of aromatic nitrogens is 1. The van der Waals surface area contributed by atoms with Gasteiger partial charge in [-0.15, -0.1) is 0 Å². The standard InChI is InChI=1S/C66H93F2N13O15/c1-45(2)55-38-66(67,68)44-81(55)58(84)39-71-63(92)50-19-21-70-52-18-17-49(36-51(50)52)96-35-9-22-75-31-33-80(34-32-75)65(94)54(37-62(91)95-5)74-64(93)53(11-6-7-20-69-47(4)72-56(82)12-8-10-48-15-13-46(3)14-16-48)73-57(83)40-76-23-25-77(41-59(85)86)27-29-79(43-61(89)90)30-28-78(26-24-76)42-60(87)88/h13-19,21,36,53-55H,1,6-12,20,22-35,37-44H2,2-5H3,(H,71,92)(H,73,83)(H,74,93)(H,85,86)(H,87,88)(H,89,90)(H,69,72,82)/t53-,54-,55+/m0/s1. The van der Waals surface area contributed by atoms with E-state index in [9.17, 15) is 72.0 Å². The number of pyridine rings is 1. The highest BCUT2D eigenvalue weighted by Crippen LogP contribution is 2.35. The molecule has 6 rings (SSSR count). The number of aliphatic carboxylic acids is 3. The molecular formula is C66H93F2N13O15. The summed E-state index contributed by atoms with van der Waals surface area (Å²) in [6.45, 7) is 9.96. The lowest BCUT2D eigenvalue weighted by Gasteiger charge is -2.36. The number of aliphatic imine (C=N–C) groups is 1. The highest BCUT2D eigenvalue weighted by molar-refractivity contribution is 6.07. The number of ether oxygens (including phenoxy) is 2. The van der Waals surface area contributed by atoms with E-state index in [4.69, 9.17) is 9.47 Å². The van der Waals surface area contributed by atoms with Crippen LogP contribution in [0.5, 0.6) is 5.75 Å². The molecule has 6 amide bonds. The van der Waals surface area contributed by atoms with Crippen LogP contribution in [-0.2, 0) is 54.3 Å². The van der Waals surface area contributed by atoms with Gasteiger partial charge in [-0.25, -0.2) is 8.78 Å². The molecule has 1 aromatic heterocycles. The molecule has 96 heavy (non-hydrogen) atoms. The first-order valence-corrected chi connectivity index (χ1v) is 32.5. The van der Waals surface area contributed by atoms with E-state index in [1.54, 1.807) is 51.6 Å². The number of esters is 1. The molecular weight excluding hydrogens is 1250 g/mol. The number of halogens is 2. The van der Waals surface area contributed by atoms with Crippen LogP contribution in [0.15, 0.2) is 71.9 Å². The van der Waals surface area contributed by atoms with Gasteiger partial charge in [0.2, 0.25) is 29.5 Å². The van der Waals surface area contributed by atoms with Gasteiger partial charge >= 0.3 is 23.9 Å². The second-order valence-corrected chi connectivity index (χ2v) is 24.6. The monoisotopic (exact) mass is 1350 g/mol. The van der Waals surface area contributed by atoms with Crippen molar-refractivity contribution in [3.8, 4) is 5.75 Å². The van der Waals surface area contributed by atoms with Crippen molar-refractivity contribution >= 4 is 76.1 Å². The van der Waals surface area contributed by atoms with Crippen LogP contribution in [-0.4, -0.2) is 288 Å². The van der Waals surface area contributed by atoms with E-state index < -0.39 is 103 Å². The normalized spacial score (nSPS) is 17.9. The van der Waals surface area contributed by atoms with Gasteiger partial charge in [0, 0.05) is 116 Å². The Morgan fingerprint density at radius 1 is 0.719 bits per heavy atom. The van der Waals surface area contributed by atoms with Crippen LogP contribution in [0, 0.1) is 6.92 Å². The Balaban J connectivity index is 1.06. The number of likely N-dealkylation sites (tertiary alicyclic amines) is 1. The number of nitrogens with one attached hydrogen (secondary N) is 4. The molecule has 526 valence electrons. The maximum atomic E-state index is 14.5. The first-order valence-electron chi connectivity index (χ1n) is 32.5. The number of carbonyl (C=O) groups is 10. The largest absolute Gasteiger partial charge is 0.494 e. The van der Waals surface area contributed by atoms with Crippen molar-refractivity contribution in [2.45, 2.75) is 103 Å². The predicted molar refractivity (Wildman–Crippen MR) is 350 cm³/mol. The number of unbranched alkanes of at least 4 members (excludes halogenated alkanes) is 1. The molecule has 0 unspecified atom stereocenters. The number of amides is 6. The van der Waals surface area contributed by atoms with Gasteiger partial charge in [0.05, 0.1) is 82.4 Å².